The molecule has 1 aliphatic heterocycles. The Kier molecular flexibility index (Phi) is 3.58. The molecule has 0 spiro atoms. The van der Waals surface area contributed by atoms with Gasteiger partial charge in [0.1, 0.15) is 16.7 Å². The van der Waals surface area contributed by atoms with Gasteiger partial charge in [-0.05, 0) is 42.3 Å². The van der Waals surface area contributed by atoms with Gasteiger partial charge in [0.2, 0.25) is 0 Å². The van der Waals surface area contributed by atoms with Gasteiger partial charge in [-0.2, -0.15) is 5.26 Å². The molecule has 0 fully saturated rings. The molecular formula is C14H11N3O4S2. The highest BCUT2D eigenvalue weighted by Crippen LogP contribution is 2.29. The standard InChI is InChI=1S/C14H11N3O4S2/c15-8-12-1-3-13(9-16-12)23(20,21)17-11-2-4-14-10(7-11)5-6-22(14,18)19/h1-4,7,9,17H,5-6H2. The van der Waals surface area contributed by atoms with E-state index in [0.717, 1.165) is 6.20 Å². The van der Waals surface area contributed by atoms with Crippen LogP contribution in [0.4, 0.5) is 5.69 Å². The molecule has 118 valence electrons. The monoisotopic (exact) mass is 349 g/mol. The van der Waals surface area contributed by atoms with Crippen LogP contribution in [0.25, 0.3) is 0 Å². The van der Waals surface area contributed by atoms with Crippen LogP contribution in [0.2, 0.25) is 0 Å². The van der Waals surface area contributed by atoms with Gasteiger partial charge >= 0.3 is 0 Å². The molecule has 0 radical (unpaired) electrons. The smallest absolute Gasteiger partial charge is 0.263 e. The molecule has 1 aliphatic rings. The molecule has 1 aromatic heterocycles. The summed E-state index contributed by atoms with van der Waals surface area (Å²) < 4.78 is 50.5. The minimum absolute atomic E-state index is 0.0398. The van der Waals surface area contributed by atoms with Crippen LogP contribution in [0.15, 0.2) is 46.3 Å². The Bertz CT molecular complexity index is 1020. The zero-order chi connectivity index (χ0) is 16.7. The largest absolute Gasteiger partial charge is 0.280 e. The van der Waals surface area contributed by atoms with E-state index < -0.39 is 19.9 Å². The first-order valence-electron chi connectivity index (χ1n) is 6.56. The molecule has 1 aromatic carbocycles. The van der Waals surface area contributed by atoms with Crippen molar-refractivity contribution < 1.29 is 16.8 Å². The summed E-state index contributed by atoms with van der Waals surface area (Å²) in [7, 11) is -7.10. The Balaban J connectivity index is 1.91. The van der Waals surface area contributed by atoms with Gasteiger partial charge in [0.05, 0.1) is 10.6 Å². The summed E-state index contributed by atoms with van der Waals surface area (Å²) in [6, 6.07) is 8.75. The van der Waals surface area contributed by atoms with Crippen LogP contribution in [0, 0.1) is 11.3 Å². The summed E-state index contributed by atoms with van der Waals surface area (Å²) in [5.74, 6) is 0.0398. The van der Waals surface area contributed by atoms with Gasteiger partial charge in [-0.15, -0.1) is 0 Å². The molecule has 0 saturated heterocycles. The molecule has 7 nitrogen and oxygen atoms in total. The third-order valence-corrected chi connectivity index (χ3v) is 6.63. The van der Waals surface area contributed by atoms with E-state index in [-0.39, 0.29) is 26.9 Å². The normalized spacial score (nSPS) is 15.6. The van der Waals surface area contributed by atoms with Gasteiger partial charge < -0.3 is 0 Å². The SMILES string of the molecule is N#Cc1ccc(S(=O)(=O)Nc2ccc3c(c2)CCS3(=O)=O)cn1. The van der Waals surface area contributed by atoms with Crippen LogP contribution >= 0.6 is 0 Å². The molecule has 0 bridgehead atoms. The van der Waals surface area contributed by atoms with E-state index in [0.29, 0.717) is 12.0 Å². The van der Waals surface area contributed by atoms with E-state index >= 15 is 0 Å². The lowest BCUT2D eigenvalue weighted by atomic mass is 10.1. The number of benzene rings is 1. The summed E-state index contributed by atoms with van der Waals surface area (Å²) >= 11 is 0. The lowest BCUT2D eigenvalue weighted by molar-refractivity contribution is 0.599. The Morgan fingerprint density at radius 1 is 1.22 bits per heavy atom. The van der Waals surface area contributed by atoms with Crippen LogP contribution < -0.4 is 4.72 Å². The van der Waals surface area contributed by atoms with Gasteiger partial charge in [0, 0.05) is 11.9 Å². The van der Waals surface area contributed by atoms with E-state index in [2.05, 4.69) is 9.71 Å². The van der Waals surface area contributed by atoms with Crippen molar-refractivity contribution in [3.05, 3.63) is 47.8 Å². The van der Waals surface area contributed by atoms with Crippen molar-refractivity contribution in [3.63, 3.8) is 0 Å². The van der Waals surface area contributed by atoms with Crippen molar-refractivity contribution >= 4 is 25.5 Å². The summed E-state index contributed by atoms with van der Waals surface area (Å²) in [5.41, 5.74) is 1.00. The second-order valence-electron chi connectivity index (χ2n) is 4.99. The molecule has 0 unspecified atom stereocenters. The molecular weight excluding hydrogens is 338 g/mol. The molecule has 9 heteroatoms. The minimum atomic E-state index is -3.86. The predicted octanol–water partition coefficient (Wildman–Crippen LogP) is 1.08. The highest BCUT2D eigenvalue weighted by Gasteiger charge is 2.26. The second kappa shape index (κ2) is 5.33. The number of aryl methyl sites for hydroxylation is 1. The molecule has 0 atom stereocenters. The zero-order valence-corrected chi connectivity index (χ0v) is 13.4. The predicted molar refractivity (Wildman–Crippen MR) is 82.0 cm³/mol. The molecule has 0 amide bonds. The quantitative estimate of drug-likeness (QED) is 0.886. The second-order valence-corrected chi connectivity index (χ2v) is 8.75. The highest BCUT2D eigenvalue weighted by atomic mass is 32.2. The third-order valence-electron chi connectivity index (χ3n) is 3.45. The number of nitriles is 1. The van der Waals surface area contributed by atoms with Crippen LogP contribution in [0.5, 0.6) is 0 Å². The Hall–Kier alpha value is -2.44. The van der Waals surface area contributed by atoms with Gasteiger partial charge in [0.15, 0.2) is 9.84 Å². The van der Waals surface area contributed by atoms with Crippen LogP contribution in [0.1, 0.15) is 11.3 Å². The Labute approximate surface area is 133 Å². The number of sulfone groups is 1. The number of hydrogen-bond donors (Lipinski definition) is 1. The number of anilines is 1. The van der Waals surface area contributed by atoms with Gasteiger partial charge in [-0.25, -0.2) is 21.8 Å². The molecule has 2 heterocycles. The van der Waals surface area contributed by atoms with Gasteiger partial charge in [0.25, 0.3) is 10.0 Å². The molecule has 0 saturated carbocycles. The number of rotatable bonds is 3. The van der Waals surface area contributed by atoms with Crippen molar-refractivity contribution in [1.82, 2.24) is 4.98 Å². The number of pyridine rings is 1. The molecule has 2 aromatic rings. The van der Waals surface area contributed by atoms with Crippen LogP contribution in [0.3, 0.4) is 0 Å². The summed E-state index contributed by atoms with van der Waals surface area (Å²) in [6.45, 7) is 0. The van der Waals surface area contributed by atoms with Crippen LogP contribution in [-0.4, -0.2) is 27.6 Å². The molecule has 23 heavy (non-hydrogen) atoms. The Morgan fingerprint density at radius 2 is 2.00 bits per heavy atom. The highest BCUT2D eigenvalue weighted by molar-refractivity contribution is 7.92. The molecule has 0 aliphatic carbocycles. The van der Waals surface area contributed by atoms with Crippen molar-refractivity contribution in [2.75, 3.05) is 10.5 Å². The number of nitrogens with zero attached hydrogens (tertiary/aromatic N) is 2. The summed E-state index contributed by atoms with van der Waals surface area (Å²) in [5, 5.41) is 8.67. The Morgan fingerprint density at radius 3 is 2.65 bits per heavy atom. The maximum Gasteiger partial charge on any atom is 0.263 e. The van der Waals surface area contributed by atoms with Crippen LogP contribution in [-0.2, 0) is 26.3 Å². The van der Waals surface area contributed by atoms with Gasteiger partial charge in [-0.1, -0.05) is 0 Å². The van der Waals surface area contributed by atoms with E-state index in [9.17, 15) is 16.8 Å². The lowest BCUT2D eigenvalue weighted by Crippen LogP contribution is -2.13. The molecule has 1 N–H and O–H groups in total. The fraction of sp³-hybridized carbons (Fsp3) is 0.143. The third kappa shape index (κ3) is 2.91. The van der Waals surface area contributed by atoms with Crippen molar-refractivity contribution in [3.8, 4) is 6.07 Å². The first-order chi connectivity index (χ1) is 10.8. The van der Waals surface area contributed by atoms with Crippen molar-refractivity contribution in [1.29, 1.82) is 5.26 Å². The fourth-order valence-corrected chi connectivity index (χ4v) is 4.85. The van der Waals surface area contributed by atoms with Gasteiger partial charge in [-0.3, -0.25) is 4.72 Å². The summed E-state index contributed by atoms with van der Waals surface area (Å²) in [4.78, 5) is 3.89. The van der Waals surface area contributed by atoms with Crippen molar-refractivity contribution in [2.24, 2.45) is 0 Å². The van der Waals surface area contributed by atoms with E-state index in [1.165, 1.54) is 30.3 Å². The minimum Gasteiger partial charge on any atom is -0.280 e. The molecule has 3 rings (SSSR count). The van der Waals surface area contributed by atoms with E-state index in [1.807, 2.05) is 6.07 Å². The number of nitrogens with one attached hydrogen (secondary N) is 1. The number of fused-ring (bicyclic) bond motifs is 1. The van der Waals surface area contributed by atoms with E-state index in [1.54, 1.807) is 0 Å². The number of hydrogen-bond acceptors (Lipinski definition) is 6. The fourth-order valence-electron chi connectivity index (χ4n) is 2.32. The van der Waals surface area contributed by atoms with E-state index in [4.69, 9.17) is 5.26 Å². The van der Waals surface area contributed by atoms with Crippen molar-refractivity contribution in [2.45, 2.75) is 16.2 Å². The number of sulfonamides is 1. The maximum absolute atomic E-state index is 12.3. The zero-order valence-electron chi connectivity index (χ0n) is 11.7. The lowest BCUT2D eigenvalue weighted by Gasteiger charge is -2.09. The average molecular weight is 349 g/mol. The maximum atomic E-state index is 12.3. The first-order valence-corrected chi connectivity index (χ1v) is 9.70. The topological polar surface area (TPSA) is 117 Å². The first kappa shape index (κ1) is 15.5. The summed E-state index contributed by atoms with van der Waals surface area (Å²) in [6.07, 6.45) is 1.46. The number of aromatic nitrogens is 1. The average Bonchev–Trinajstić information content (AvgIpc) is 2.82.